The van der Waals surface area contributed by atoms with E-state index in [1.54, 1.807) is 24.5 Å². The molecule has 0 radical (unpaired) electrons. The minimum atomic E-state index is 0.255. The van der Waals surface area contributed by atoms with Gasteiger partial charge in [-0.15, -0.1) is 0 Å². The van der Waals surface area contributed by atoms with Crippen molar-refractivity contribution < 1.29 is 5.11 Å². The molecule has 1 heterocycles. The predicted octanol–water partition coefficient (Wildman–Crippen LogP) is 1.71. The van der Waals surface area contributed by atoms with Gasteiger partial charge in [0.05, 0.1) is 13.1 Å². The first-order chi connectivity index (χ1) is 7.86. The number of rotatable bonds is 4. The predicted molar refractivity (Wildman–Crippen MR) is 62.8 cm³/mol. The third-order valence-electron chi connectivity index (χ3n) is 2.18. The Morgan fingerprint density at radius 2 is 2.19 bits per heavy atom. The lowest BCUT2D eigenvalue weighted by Crippen LogP contribution is -2.01. The van der Waals surface area contributed by atoms with Crippen molar-refractivity contribution in [1.82, 2.24) is 9.78 Å². The van der Waals surface area contributed by atoms with E-state index >= 15 is 0 Å². The lowest BCUT2D eigenvalue weighted by Gasteiger charge is -1.98. The van der Waals surface area contributed by atoms with Crippen LogP contribution in [0.3, 0.4) is 0 Å². The van der Waals surface area contributed by atoms with Crippen LogP contribution in [0.25, 0.3) is 0 Å². The fourth-order valence-corrected chi connectivity index (χ4v) is 1.35. The minimum Gasteiger partial charge on any atom is -0.507 e. The third-order valence-corrected chi connectivity index (χ3v) is 2.18. The fraction of sp³-hybridized carbons (Fsp3) is 0.167. The lowest BCUT2D eigenvalue weighted by atomic mass is 10.2. The molecule has 0 unspecified atom stereocenters. The van der Waals surface area contributed by atoms with Crippen LogP contribution in [-0.2, 0) is 6.54 Å². The van der Waals surface area contributed by atoms with Crippen LogP contribution in [0.4, 0.5) is 0 Å². The van der Waals surface area contributed by atoms with Gasteiger partial charge in [0.1, 0.15) is 5.75 Å². The molecular formula is C12H13N3O. The van der Waals surface area contributed by atoms with Gasteiger partial charge in [-0.25, -0.2) is 0 Å². The van der Waals surface area contributed by atoms with E-state index in [-0.39, 0.29) is 5.75 Å². The number of phenols is 1. The molecule has 4 heteroatoms. The molecule has 2 rings (SSSR count). The summed E-state index contributed by atoms with van der Waals surface area (Å²) in [6.45, 7) is 1.40. The molecule has 0 saturated carbocycles. The fourth-order valence-electron chi connectivity index (χ4n) is 1.35. The summed E-state index contributed by atoms with van der Waals surface area (Å²) in [5, 5.41) is 13.6. The summed E-state index contributed by atoms with van der Waals surface area (Å²) in [6, 6.07) is 9.01. The Bertz CT molecular complexity index is 463. The Kier molecular flexibility index (Phi) is 3.33. The molecule has 2 aromatic rings. The highest BCUT2D eigenvalue weighted by molar-refractivity contribution is 5.83. The number of aromatic hydroxyl groups is 1. The molecule has 0 atom stereocenters. The Morgan fingerprint density at radius 3 is 2.94 bits per heavy atom. The number of nitrogens with zero attached hydrogens (tertiary/aromatic N) is 3. The first kappa shape index (κ1) is 10.4. The maximum Gasteiger partial charge on any atom is 0.124 e. The Morgan fingerprint density at radius 1 is 1.31 bits per heavy atom. The van der Waals surface area contributed by atoms with E-state index in [0.29, 0.717) is 6.54 Å². The topological polar surface area (TPSA) is 50.4 Å². The number of phenolic OH excluding ortho intramolecular Hbond substituents is 1. The molecule has 0 aliphatic carbocycles. The van der Waals surface area contributed by atoms with Gasteiger partial charge in [-0.05, 0) is 18.2 Å². The van der Waals surface area contributed by atoms with Crippen molar-refractivity contribution in [2.24, 2.45) is 4.99 Å². The molecule has 0 spiro atoms. The zero-order chi connectivity index (χ0) is 11.2. The molecule has 0 saturated heterocycles. The SMILES string of the molecule is Oc1ccccc1C=NCCn1cccn1. The third kappa shape index (κ3) is 2.70. The number of para-hydroxylation sites is 1. The van der Waals surface area contributed by atoms with Crippen molar-refractivity contribution in [2.45, 2.75) is 6.54 Å². The van der Waals surface area contributed by atoms with Crippen molar-refractivity contribution in [3.05, 3.63) is 48.3 Å². The molecular weight excluding hydrogens is 202 g/mol. The Hall–Kier alpha value is -2.10. The van der Waals surface area contributed by atoms with Crippen LogP contribution in [0.5, 0.6) is 5.75 Å². The lowest BCUT2D eigenvalue weighted by molar-refractivity contribution is 0.474. The van der Waals surface area contributed by atoms with Crippen molar-refractivity contribution in [3.8, 4) is 5.75 Å². The van der Waals surface area contributed by atoms with E-state index in [1.807, 2.05) is 29.1 Å². The molecule has 1 N–H and O–H groups in total. The van der Waals surface area contributed by atoms with Crippen molar-refractivity contribution in [3.63, 3.8) is 0 Å². The van der Waals surface area contributed by atoms with Gasteiger partial charge < -0.3 is 5.11 Å². The Balaban J connectivity index is 1.88. The number of aliphatic imine (C=N–C) groups is 1. The molecule has 82 valence electrons. The van der Waals surface area contributed by atoms with Gasteiger partial charge in [-0.2, -0.15) is 5.10 Å². The van der Waals surface area contributed by atoms with Gasteiger partial charge >= 0.3 is 0 Å². The first-order valence-corrected chi connectivity index (χ1v) is 5.11. The zero-order valence-corrected chi connectivity index (χ0v) is 8.82. The average Bonchev–Trinajstić information content (AvgIpc) is 2.79. The standard InChI is InChI=1S/C12H13N3O/c16-12-5-2-1-4-11(12)10-13-7-9-15-8-3-6-14-15/h1-6,8,10,16H,7,9H2. The molecule has 0 fully saturated rings. The second kappa shape index (κ2) is 5.11. The smallest absolute Gasteiger partial charge is 0.124 e. The van der Waals surface area contributed by atoms with E-state index in [0.717, 1.165) is 12.1 Å². The number of aromatic nitrogens is 2. The van der Waals surface area contributed by atoms with E-state index in [2.05, 4.69) is 10.1 Å². The number of hydrogen-bond donors (Lipinski definition) is 1. The molecule has 16 heavy (non-hydrogen) atoms. The molecule has 0 aliphatic rings. The highest BCUT2D eigenvalue weighted by Crippen LogP contribution is 2.12. The summed E-state index contributed by atoms with van der Waals surface area (Å²) in [6.07, 6.45) is 5.32. The quantitative estimate of drug-likeness (QED) is 0.789. The summed E-state index contributed by atoms with van der Waals surface area (Å²) in [4.78, 5) is 4.23. The monoisotopic (exact) mass is 215 g/mol. The molecule has 0 aliphatic heterocycles. The minimum absolute atomic E-state index is 0.255. The highest BCUT2D eigenvalue weighted by Gasteiger charge is 1.94. The summed E-state index contributed by atoms with van der Waals surface area (Å²) in [5.41, 5.74) is 0.739. The van der Waals surface area contributed by atoms with E-state index in [4.69, 9.17) is 0 Å². The van der Waals surface area contributed by atoms with Gasteiger partial charge in [0.15, 0.2) is 0 Å². The van der Waals surface area contributed by atoms with Crippen molar-refractivity contribution in [1.29, 1.82) is 0 Å². The van der Waals surface area contributed by atoms with Crippen molar-refractivity contribution >= 4 is 6.21 Å². The first-order valence-electron chi connectivity index (χ1n) is 5.11. The second-order valence-electron chi connectivity index (χ2n) is 3.36. The van der Waals surface area contributed by atoms with E-state index in [1.165, 1.54) is 0 Å². The maximum absolute atomic E-state index is 9.49. The molecule has 1 aromatic carbocycles. The molecule has 0 bridgehead atoms. The van der Waals surface area contributed by atoms with Gasteiger partial charge in [0, 0.05) is 24.2 Å². The maximum atomic E-state index is 9.49. The van der Waals surface area contributed by atoms with Crippen molar-refractivity contribution in [2.75, 3.05) is 6.54 Å². The number of benzene rings is 1. The summed E-state index contributed by atoms with van der Waals surface area (Å²) in [7, 11) is 0. The second-order valence-corrected chi connectivity index (χ2v) is 3.36. The largest absolute Gasteiger partial charge is 0.507 e. The Labute approximate surface area is 93.9 Å². The van der Waals surface area contributed by atoms with Crippen LogP contribution in [0.2, 0.25) is 0 Å². The number of hydrogen-bond acceptors (Lipinski definition) is 3. The molecule has 0 amide bonds. The van der Waals surface area contributed by atoms with Crippen LogP contribution in [0, 0.1) is 0 Å². The highest BCUT2D eigenvalue weighted by atomic mass is 16.3. The summed E-state index contributed by atoms with van der Waals surface area (Å²) < 4.78 is 1.82. The van der Waals surface area contributed by atoms with E-state index in [9.17, 15) is 5.11 Å². The molecule has 4 nitrogen and oxygen atoms in total. The zero-order valence-electron chi connectivity index (χ0n) is 8.82. The van der Waals surface area contributed by atoms with Crippen LogP contribution in [0.15, 0.2) is 47.7 Å². The van der Waals surface area contributed by atoms with Gasteiger partial charge in [-0.1, -0.05) is 12.1 Å². The average molecular weight is 215 g/mol. The van der Waals surface area contributed by atoms with Crippen LogP contribution < -0.4 is 0 Å². The van der Waals surface area contributed by atoms with Crippen LogP contribution in [0.1, 0.15) is 5.56 Å². The van der Waals surface area contributed by atoms with Crippen LogP contribution >= 0.6 is 0 Å². The van der Waals surface area contributed by atoms with E-state index < -0.39 is 0 Å². The van der Waals surface area contributed by atoms with Crippen LogP contribution in [-0.4, -0.2) is 27.6 Å². The summed E-state index contributed by atoms with van der Waals surface area (Å²) >= 11 is 0. The summed E-state index contributed by atoms with van der Waals surface area (Å²) in [5.74, 6) is 0.255. The van der Waals surface area contributed by atoms with Gasteiger partial charge in [-0.3, -0.25) is 9.67 Å². The normalized spacial score (nSPS) is 11.0. The van der Waals surface area contributed by atoms with Gasteiger partial charge in [0.2, 0.25) is 0 Å². The molecule has 1 aromatic heterocycles. The van der Waals surface area contributed by atoms with Gasteiger partial charge in [0.25, 0.3) is 0 Å².